The lowest BCUT2D eigenvalue weighted by atomic mass is 10.1. The SMILES string of the molecule is CN1CC(CN)CN(C)C1=O. The van der Waals surface area contributed by atoms with E-state index in [0.29, 0.717) is 12.5 Å². The molecule has 1 fully saturated rings. The van der Waals surface area contributed by atoms with Crippen molar-refractivity contribution in [2.75, 3.05) is 33.7 Å². The van der Waals surface area contributed by atoms with Gasteiger partial charge in [-0.2, -0.15) is 0 Å². The van der Waals surface area contributed by atoms with Crippen molar-refractivity contribution in [3.05, 3.63) is 0 Å². The number of carbonyl (C=O) groups is 1. The number of rotatable bonds is 1. The van der Waals surface area contributed by atoms with Crippen LogP contribution in [0.4, 0.5) is 4.79 Å². The third kappa shape index (κ3) is 1.63. The molecule has 0 aromatic carbocycles. The van der Waals surface area contributed by atoms with Crippen molar-refractivity contribution in [3.8, 4) is 0 Å². The van der Waals surface area contributed by atoms with E-state index in [1.165, 1.54) is 0 Å². The molecule has 0 aliphatic carbocycles. The van der Waals surface area contributed by atoms with Gasteiger partial charge in [0, 0.05) is 33.1 Å². The average Bonchev–Trinajstić information content (AvgIpc) is 1.99. The molecule has 0 radical (unpaired) electrons. The van der Waals surface area contributed by atoms with E-state index in [1.807, 2.05) is 0 Å². The van der Waals surface area contributed by atoms with Crippen LogP contribution in [0.25, 0.3) is 0 Å². The molecule has 0 spiro atoms. The number of hydrogen-bond acceptors (Lipinski definition) is 2. The van der Waals surface area contributed by atoms with E-state index >= 15 is 0 Å². The molecule has 0 aromatic heterocycles. The first kappa shape index (κ1) is 8.33. The molecule has 64 valence electrons. The predicted octanol–water partition coefficient (Wildman–Crippen LogP) is -0.441. The van der Waals surface area contributed by atoms with Crippen LogP contribution >= 0.6 is 0 Å². The van der Waals surface area contributed by atoms with Crippen LogP contribution < -0.4 is 5.73 Å². The van der Waals surface area contributed by atoms with E-state index in [0.717, 1.165) is 13.1 Å². The summed E-state index contributed by atoms with van der Waals surface area (Å²) in [6.07, 6.45) is 0. The first-order valence-electron chi connectivity index (χ1n) is 3.81. The molecule has 0 saturated carbocycles. The van der Waals surface area contributed by atoms with Crippen molar-refractivity contribution < 1.29 is 4.79 Å². The molecular formula is C7H15N3O. The standard InChI is InChI=1S/C7H15N3O/c1-9-4-6(3-8)5-10(2)7(9)11/h6H,3-5,8H2,1-2H3. The average molecular weight is 157 g/mol. The number of carbonyl (C=O) groups excluding carboxylic acids is 1. The fourth-order valence-electron chi connectivity index (χ4n) is 1.43. The number of hydrogen-bond donors (Lipinski definition) is 1. The maximum absolute atomic E-state index is 11.2. The van der Waals surface area contributed by atoms with Crippen molar-refractivity contribution in [1.82, 2.24) is 9.80 Å². The molecule has 11 heavy (non-hydrogen) atoms. The highest BCUT2D eigenvalue weighted by molar-refractivity contribution is 5.74. The Morgan fingerprint density at radius 3 is 2.27 bits per heavy atom. The molecule has 4 nitrogen and oxygen atoms in total. The molecule has 2 N–H and O–H groups in total. The van der Waals surface area contributed by atoms with Gasteiger partial charge in [0.2, 0.25) is 0 Å². The van der Waals surface area contributed by atoms with Gasteiger partial charge in [0.25, 0.3) is 0 Å². The minimum absolute atomic E-state index is 0.0923. The number of nitrogens with zero attached hydrogens (tertiary/aromatic N) is 2. The van der Waals surface area contributed by atoms with Gasteiger partial charge >= 0.3 is 6.03 Å². The van der Waals surface area contributed by atoms with Gasteiger partial charge in [0.05, 0.1) is 0 Å². The highest BCUT2D eigenvalue weighted by Crippen LogP contribution is 2.09. The second kappa shape index (κ2) is 3.09. The van der Waals surface area contributed by atoms with Crippen LogP contribution in [-0.2, 0) is 0 Å². The molecule has 1 rings (SSSR count). The molecule has 0 bridgehead atoms. The lowest BCUT2D eigenvalue weighted by Gasteiger charge is -2.35. The Bertz CT molecular complexity index is 146. The van der Waals surface area contributed by atoms with Gasteiger partial charge in [0.15, 0.2) is 0 Å². The zero-order valence-electron chi connectivity index (χ0n) is 7.08. The summed E-state index contributed by atoms with van der Waals surface area (Å²) >= 11 is 0. The van der Waals surface area contributed by atoms with Gasteiger partial charge < -0.3 is 15.5 Å². The van der Waals surface area contributed by atoms with Gasteiger partial charge in [-0.1, -0.05) is 0 Å². The fourth-order valence-corrected chi connectivity index (χ4v) is 1.43. The summed E-state index contributed by atoms with van der Waals surface area (Å²) in [6, 6.07) is 0.0923. The second-order valence-corrected chi connectivity index (χ2v) is 3.15. The minimum atomic E-state index is 0.0923. The third-order valence-corrected chi connectivity index (χ3v) is 2.05. The quantitative estimate of drug-likeness (QED) is 0.561. The molecular weight excluding hydrogens is 142 g/mol. The Hall–Kier alpha value is -0.770. The lowest BCUT2D eigenvalue weighted by molar-refractivity contribution is 0.130. The van der Waals surface area contributed by atoms with E-state index < -0.39 is 0 Å². The molecule has 0 aromatic rings. The van der Waals surface area contributed by atoms with Gasteiger partial charge in [-0.25, -0.2) is 4.79 Å². The van der Waals surface area contributed by atoms with Crippen LogP contribution in [0.1, 0.15) is 0 Å². The molecule has 1 aliphatic heterocycles. The van der Waals surface area contributed by atoms with E-state index in [9.17, 15) is 4.79 Å². The normalized spacial score (nSPS) is 21.2. The number of amides is 2. The summed E-state index contributed by atoms with van der Waals surface area (Å²) in [6.45, 7) is 2.24. The second-order valence-electron chi connectivity index (χ2n) is 3.15. The molecule has 0 atom stereocenters. The van der Waals surface area contributed by atoms with Crippen molar-refractivity contribution in [2.24, 2.45) is 11.7 Å². The summed E-state index contributed by atoms with van der Waals surface area (Å²) in [5, 5.41) is 0. The monoisotopic (exact) mass is 157 g/mol. The minimum Gasteiger partial charge on any atom is -0.330 e. The Kier molecular flexibility index (Phi) is 2.34. The highest BCUT2D eigenvalue weighted by atomic mass is 16.2. The number of nitrogens with two attached hydrogens (primary N) is 1. The van der Waals surface area contributed by atoms with Crippen LogP contribution in [0, 0.1) is 5.92 Å². The molecule has 1 saturated heterocycles. The molecule has 1 heterocycles. The summed E-state index contributed by atoms with van der Waals surface area (Å²) in [4.78, 5) is 14.6. The maximum atomic E-state index is 11.2. The smallest absolute Gasteiger partial charge is 0.319 e. The highest BCUT2D eigenvalue weighted by Gasteiger charge is 2.25. The molecule has 0 unspecified atom stereocenters. The predicted molar refractivity (Wildman–Crippen MR) is 43.2 cm³/mol. The summed E-state index contributed by atoms with van der Waals surface area (Å²) in [5.41, 5.74) is 5.51. The summed E-state index contributed by atoms with van der Waals surface area (Å²) in [5.74, 6) is 0.433. The van der Waals surface area contributed by atoms with E-state index in [2.05, 4.69) is 0 Å². The van der Waals surface area contributed by atoms with Gasteiger partial charge in [-0.15, -0.1) is 0 Å². The Morgan fingerprint density at radius 1 is 1.45 bits per heavy atom. The van der Waals surface area contributed by atoms with Crippen molar-refractivity contribution >= 4 is 6.03 Å². The van der Waals surface area contributed by atoms with Crippen LogP contribution in [0.3, 0.4) is 0 Å². The zero-order valence-corrected chi connectivity index (χ0v) is 7.08. The van der Waals surface area contributed by atoms with E-state index in [-0.39, 0.29) is 6.03 Å². The summed E-state index contributed by atoms with van der Waals surface area (Å²) < 4.78 is 0. The van der Waals surface area contributed by atoms with Gasteiger partial charge in [0.1, 0.15) is 0 Å². The van der Waals surface area contributed by atoms with Crippen LogP contribution in [-0.4, -0.2) is 49.6 Å². The first-order valence-corrected chi connectivity index (χ1v) is 3.81. The first-order chi connectivity index (χ1) is 5.15. The molecule has 1 aliphatic rings. The largest absolute Gasteiger partial charge is 0.330 e. The van der Waals surface area contributed by atoms with Crippen molar-refractivity contribution in [2.45, 2.75) is 0 Å². The van der Waals surface area contributed by atoms with Crippen LogP contribution in [0.2, 0.25) is 0 Å². The fraction of sp³-hybridized carbons (Fsp3) is 0.857. The third-order valence-electron chi connectivity index (χ3n) is 2.05. The summed E-state index contributed by atoms with van der Waals surface area (Å²) in [7, 11) is 3.61. The molecule has 2 amide bonds. The van der Waals surface area contributed by atoms with E-state index in [4.69, 9.17) is 5.73 Å². The number of urea groups is 1. The Labute approximate surface area is 66.9 Å². The Balaban J connectivity index is 2.54. The van der Waals surface area contributed by atoms with Gasteiger partial charge in [-0.05, 0) is 6.54 Å². The Morgan fingerprint density at radius 2 is 1.91 bits per heavy atom. The maximum Gasteiger partial charge on any atom is 0.319 e. The van der Waals surface area contributed by atoms with Crippen LogP contribution in [0.15, 0.2) is 0 Å². The van der Waals surface area contributed by atoms with Crippen molar-refractivity contribution in [1.29, 1.82) is 0 Å². The van der Waals surface area contributed by atoms with Gasteiger partial charge in [-0.3, -0.25) is 0 Å². The van der Waals surface area contributed by atoms with E-state index in [1.54, 1.807) is 23.9 Å². The topological polar surface area (TPSA) is 49.6 Å². The van der Waals surface area contributed by atoms with Crippen LogP contribution in [0.5, 0.6) is 0 Å². The molecule has 4 heteroatoms. The van der Waals surface area contributed by atoms with Crippen molar-refractivity contribution in [3.63, 3.8) is 0 Å². The zero-order chi connectivity index (χ0) is 8.43. The lowest BCUT2D eigenvalue weighted by Crippen LogP contribution is -2.51.